The fraction of sp³-hybridized carbons (Fsp3) is 0.0323. The minimum absolute atomic E-state index is 0.246. The van der Waals surface area contributed by atoms with Crippen LogP contribution in [-0.4, -0.2) is 29.6 Å². The first kappa shape index (κ1) is 30.2. The predicted octanol–water partition coefficient (Wildman–Crippen LogP) is 8.40. The summed E-state index contributed by atoms with van der Waals surface area (Å²) in [7, 11) is 0. The van der Waals surface area contributed by atoms with Crippen molar-refractivity contribution in [2.45, 2.75) is 0 Å². The van der Waals surface area contributed by atoms with Crippen LogP contribution in [0.2, 0.25) is 10.0 Å². The van der Waals surface area contributed by atoms with Crippen LogP contribution in [0.1, 0.15) is 15.9 Å². The van der Waals surface area contributed by atoms with Crippen molar-refractivity contribution in [3.05, 3.63) is 122 Å². The van der Waals surface area contributed by atoms with Crippen LogP contribution in [0.3, 0.4) is 0 Å². The van der Waals surface area contributed by atoms with E-state index >= 15 is 0 Å². The topological polar surface area (TPSA) is 105 Å². The average Bonchev–Trinajstić information content (AvgIpc) is 3.47. The molecule has 4 aromatic carbocycles. The lowest BCUT2D eigenvalue weighted by atomic mass is 10.1. The van der Waals surface area contributed by atoms with Gasteiger partial charge in [-0.1, -0.05) is 63.4 Å². The number of carbonyl (C=O) groups excluding carboxylic acids is 2. The van der Waals surface area contributed by atoms with E-state index in [0.717, 1.165) is 26.5 Å². The molecule has 1 heterocycles. The van der Waals surface area contributed by atoms with Crippen molar-refractivity contribution in [3.63, 3.8) is 0 Å². The maximum absolute atomic E-state index is 12.7. The van der Waals surface area contributed by atoms with Gasteiger partial charge in [0.25, 0.3) is 11.8 Å². The van der Waals surface area contributed by atoms with Crippen LogP contribution in [0.15, 0.2) is 106 Å². The molecule has 0 saturated carbocycles. The normalized spacial score (nSPS) is 10.9. The highest BCUT2D eigenvalue weighted by Crippen LogP contribution is 2.28. The number of para-hydroxylation sites is 1. The molecule has 0 radical (unpaired) electrons. The second-order valence-electron chi connectivity index (χ2n) is 8.95. The molecule has 1 aromatic heterocycles. The van der Waals surface area contributed by atoms with Crippen molar-refractivity contribution in [1.82, 2.24) is 10.4 Å². The van der Waals surface area contributed by atoms with E-state index < -0.39 is 0 Å². The second kappa shape index (κ2) is 14.3. The number of rotatable bonds is 10. The highest BCUT2D eigenvalue weighted by Gasteiger charge is 2.11. The number of nitrogens with one attached hydrogen (secondary N) is 3. The van der Waals surface area contributed by atoms with Crippen molar-refractivity contribution in [1.29, 1.82) is 0 Å². The van der Waals surface area contributed by atoms with E-state index in [1.54, 1.807) is 54.6 Å². The van der Waals surface area contributed by atoms with E-state index in [1.165, 1.54) is 17.6 Å². The molecule has 0 spiro atoms. The van der Waals surface area contributed by atoms with Crippen molar-refractivity contribution >= 4 is 85.0 Å². The Morgan fingerprint density at radius 3 is 2.51 bits per heavy atom. The van der Waals surface area contributed by atoms with Gasteiger partial charge in [-0.3, -0.25) is 9.59 Å². The molecule has 5 rings (SSSR count). The molecule has 0 bridgehead atoms. The Morgan fingerprint density at radius 1 is 0.977 bits per heavy atom. The summed E-state index contributed by atoms with van der Waals surface area (Å²) in [6.07, 6.45) is 1.45. The van der Waals surface area contributed by atoms with Crippen LogP contribution in [0, 0.1) is 0 Å². The lowest BCUT2D eigenvalue weighted by Gasteiger charge is -2.11. The van der Waals surface area contributed by atoms with Gasteiger partial charge in [0.15, 0.2) is 11.7 Å². The Bertz CT molecular complexity index is 1780. The highest BCUT2D eigenvalue weighted by molar-refractivity contribution is 9.10. The number of hydrazone groups is 1. The van der Waals surface area contributed by atoms with Gasteiger partial charge in [-0.05, 0) is 66.7 Å². The Hall–Kier alpha value is -4.22. The molecule has 2 amide bonds. The molecule has 3 N–H and O–H groups in total. The van der Waals surface area contributed by atoms with Crippen molar-refractivity contribution in [3.8, 4) is 17.0 Å². The fourth-order valence-electron chi connectivity index (χ4n) is 3.78. The number of carbonyl (C=O) groups is 2. The van der Waals surface area contributed by atoms with Crippen LogP contribution in [0.4, 0.5) is 16.5 Å². The summed E-state index contributed by atoms with van der Waals surface area (Å²) in [6.45, 7) is -0.246. The Morgan fingerprint density at radius 2 is 1.74 bits per heavy atom. The summed E-state index contributed by atoms with van der Waals surface area (Å²) >= 11 is 16.9. The molecular weight excluding hydrogens is 673 g/mol. The molecule has 0 aliphatic rings. The van der Waals surface area contributed by atoms with Crippen LogP contribution in [-0.2, 0) is 4.79 Å². The van der Waals surface area contributed by atoms with Gasteiger partial charge in [0, 0.05) is 37.3 Å². The first-order chi connectivity index (χ1) is 20.8. The molecule has 43 heavy (non-hydrogen) atoms. The molecule has 0 unspecified atom stereocenters. The third-order valence-corrected chi connectivity index (χ3v) is 7.72. The van der Waals surface area contributed by atoms with E-state index in [-0.39, 0.29) is 18.4 Å². The number of aromatic nitrogens is 1. The molecule has 0 aliphatic carbocycles. The lowest BCUT2D eigenvalue weighted by Crippen LogP contribution is -2.21. The number of benzene rings is 4. The van der Waals surface area contributed by atoms with Crippen molar-refractivity contribution in [2.24, 2.45) is 5.10 Å². The molecule has 12 heteroatoms. The van der Waals surface area contributed by atoms with Crippen molar-refractivity contribution in [2.75, 3.05) is 17.2 Å². The molecular formula is C31H22BrCl2N5O3S. The molecule has 8 nitrogen and oxygen atoms in total. The van der Waals surface area contributed by atoms with Gasteiger partial charge in [0.05, 0.1) is 22.6 Å². The number of anilines is 3. The molecule has 5 aromatic rings. The van der Waals surface area contributed by atoms with Crippen LogP contribution >= 0.6 is 50.5 Å². The van der Waals surface area contributed by atoms with Gasteiger partial charge >= 0.3 is 0 Å². The summed E-state index contributed by atoms with van der Waals surface area (Å²) < 4.78 is 6.48. The minimum atomic E-state index is -0.386. The maximum atomic E-state index is 12.7. The minimum Gasteiger partial charge on any atom is -0.483 e. The first-order valence-corrected chi connectivity index (χ1v) is 15.2. The SMILES string of the molecule is O=C(COc1ccc(Br)cc1/C=N\NC(=O)c1ccc(-c2csc(Nc3ccc(Cl)cc3)n2)cc1)Nc1ccccc1Cl. The number of nitrogens with zero attached hydrogens (tertiary/aromatic N) is 2. The number of amides is 2. The largest absolute Gasteiger partial charge is 0.483 e. The average molecular weight is 695 g/mol. The van der Waals surface area contributed by atoms with E-state index in [9.17, 15) is 9.59 Å². The number of hydrogen-bond donors (Lipinski definition) is 3. The van der Waals surface area contributed by atoms with E-state index in [0.29, 0.717) is 32.6 Å². The standard InChI is InChI=1S/C31H22BrCl2N5O3S/c32-22-9-14-28(42-17-29(40)37-26-4-2-1-3-25(26)34)21(15-22)16-35-39-30(41)20-7-5-19(6-8-20)27-18-43-31(38-27)36-24-12-10-23(33)11-13-24/h1-16,18H,17H2,(H,36,38)(H,37,40)(H,39,41)/b35-16-. The number of halogens is 3. The molecule has 216 valence electrons. The summed E-state index contributed by atoms with van der Waals surface area (Å²) in [5.41, 5.74) is 6.55. The zero-order valence-electron chi connectivity index (χ0n) is 22.2. The zero-order valence-corrected chi connectivity index (χ0v) is 26.1. The van der Waals surface area contributed by atoms with Gasteiger partial charge in [-0.25, -0.2) is 10.4 Å². The Kier molecular flexibility index (Phi) is 10.1. The van der Waals surface area contributed by atoms with Crippen LogP contribution < -0.4 is 20.8 Å². The van der Waals surface area contributed by atoms with Crippen molar-refractivity contribution < 1.29 is 14.3 Å². The third kappa shape index (κ3) is 8.42. The van der Waals surface area contributed by atoms with Gasteiger partial charge in [-0.15, -0.1) is 11.3 Å². The van der Waals surface area contributed by atoms with Crippen LogP contribution in [0.5, 0.6) is 5.75 Å². The quantitative estimate of drug-likeness (QED) is 0.101. The van der Waals surface area contributed by atoms with E-state index in [4.69, 9.17) is 27.9 Å². The second-order valence-corrected chi connectivity index (χ2v) is 11.6. The Balaban J connectivity index is 1.17. The fourth-order valence-corrected chi connectivity index (χ4v) is 5.21. The molecule has 0 fully saturated rings. The highest BCUT2D eigenvalue weighted by atomic mass is 79.9. The zero-order chi connectivity index (χ0) is 30.2. The summed E-state index contributed by atoms with van der Waals surface area (Å²) in [5.74, 6) is -0.349. The van der Waals surface area contributed by atoms with Gasteiger partial charge in [0.2, 0.25) is 0 Å². The Labute approximate surface area is 269 Å². The van der Waals surface area contributed by atoms with Gasteiger partial charge in [0.1, 0.15) is 5.75 Å². The third-order valence-electron chi connectivity index (χ3n) is 5.89. The molecule has 0 saturated heterocycles. The van der Waals surface area contributed by atoms with E-state index in [2.05, 4.69) is 42.1 Å². The van der Waals surface area contributed by atoms with Gasteiger partial charge < -0.3 is 15.4 Å². The monoisotopic (exact) mass is 693 g/mol. The summed E-state index contributed by atoms with van der Waals surface area (Å²) in [6, 6.07) is 26.6. The number of thiazole rings is 1. The maximum Gasteiger partial charge on any atom is 0.271 e. The summed E-state index contributed by atoms with van der Waals surface area (Å²) in [5, 5.41) is 13.8. The van der Waals surface area contributed by atoms with E-state index in [1.807, 2.05) is 41.8 Å². The first-order valence-electron chi connectivity index (χ1n) is 12.7. The van der Waals surface area contributed by atoms with Crippen LogP contribution in [0.25, 0.3) is 11.3 Å². The van der Waals surface area contributed by atoms with Gasteiger partial charge in [-0.2, -0.15) is 5.10 Å². The smallest absolute Gasteiger partial charge is 0.271 e. The predicted molar refractivity (Wildman–Crippen MR) is 177 cm³/mol. The lowest BCUT2D eigenvalue weighted by molar-refractivity contribution is -0.118. The molecule has 0 atom stereocenters. The molecule has 0 aliphatic heterocycles. The number of ether oxygens (including phenoxy) is 1. The number of hydrogen-bond acceptors (Lipinski definition) is 7. The summed E-state index contributed by atoms with van der Waals surface area (Å²) in [4.78, 5) is 29.7.